The minimum absolute atomic E-state index is 0.0482. The smallest absolute Gasteiger partial charge is 0.257 e. The predicted octanol–water partition coefficient (Wildman–Crippen LogP) is 1.08. The maximum absolute atomic E-state index is 13.2. The van der Waals surface area contributed by atoms with Crippen molar-refractivity contribution in [1.29, 1.82) is 0 Å². The van der Waals surface area contributed by atoms with Crippen molar-refractivity contribution in [2.24, 2.45) is 0 Å². The summed E-state index contributed by atoms with van der Waals surface area (Å²) in [5.74, 6) is 0.0461. The van der Waals surface area contributed by atoms with Crippen molar-refractivity contribution in [2.75, 3.05) is 11.5 Å². The quantitative estimate of drug-likeness (QED) is 0.764. The number of nitrogens with zero attached hydrogens (tertiary/aromatic N) is 3. The fourth-order valence-electron chi connectivity index (χ4n) is 4.85. The highest BCUT2D eigenvalue weighted by Gasteiger charge is 2.39. The van der Waals surface area contributed by atoms with E-state index in [1.807, 2.05) is 0 Å². The highest BCUT2D eigenvalue weighted by molar-refractivity contribution is 7.91. The molecule has 1 aromatic heterocycles. The van der Waals surface area contributed by atoms with Crippen LogP contribution in [0.5, 0.6) is 0 Å². The summed E-state index contributed by atoms with van der Waals surface area (Å²) in [7, 11) is -3.07. The number of hydrogen-bond donors (Lipinski definition) is 0. The van der Waals surface area contributed by atoms with Crippen LogP contribution in [0.4, 0.5) is 0 Å². The molecule has 1 aliphatic heterocycles. The molecule has 2 fully saturated rings. The second-order valence-electron chi connectivity index (χ2n) is 8.11. The van der Waals surface area contributed by atoms with Crippen molar-refractivity contribution < 1.29 is 13.2 Å². The minimum Gasteiger partial charge on any atom is -0.334 e. The number of fused-ring (bicyclic) bond motifs is 1. The molecule has 1 aromatic rings. The van der Waals surface area contributed by atoms with Gasteiger partial charge < -0.3 is 4.90 Å². The van der Waals surface area contributed by atoms with Gasteiger partial charge in [0.05, 0.1) is 23.5 Å². The van der Waals surface area contributed by atoms with Crippen LogP contribution in [0.1, 0.15) is 56.2 Å². The molecule has 0 spiro atoms. The van der Waals surface area contributed by atoms with Gasteiger partial charge >= 0.3 is 0 Å². The molecule has 1 amide bonds. The van der Waals surface area contributed by atoms with E-state index in [0.29, 0.717) is 6.42 Å². The first kappa shape index (κ1) is 18.7. The molecule has 1 saturated heterocycles. The Bertz CT molecular complexity index is 887. The maximum Gasteiger partial charge on any atom is 0.257 e. The number of amides is 1. The SMILES string of the molecule is O=C(Cn1cnc2c(c1=O)CCCC2)N(C1CCCC1)C1CCS(=O)(=O)C1. The number of carbonyl (C=O) groups excluding carboxylic acids is 1. The molecule has 0 radical (unpaired) electrons. The summed E-state index contributed by atoms with van der Waals surface area (Å²) < 4.78 is 25.3. The van der Waals surface area contributed by atoms with Crippen LogP contribution in [-0.2, 0) is 34.0 Å². The van der Waals surface area contributed by atoms with Gasteiger partial charge in [0, 0.05) is 17.6 Å². The number of aromatic nitrogens is 2. The predicted molar refractivity (Wildman–Crippen MR) is 101 cm³/mol. The third-order valence-electron chi connectivity index (χ3n) is 6.22. The topological polar surface area (TPSA) is 89.3 Å². The highest BCUT2D eigenvalue weighted by atomic mass is 32.2. The fraction of sp³-hybridized carbons (Fsp3) is 0.737. The first-order valence-corrected chi connectivity index (χ1v) is 11.9. The van der Waals surface area contributed by atoms with Crippen molar-refractivity contribution in [1.82, 2.24) is 14.5 Å². The lowest BCUT2D eigenvalue weighted by Gasteiger charge is -2.34. The average Bonchev–Trinajstić information content (AvgIpc) is 3.28. The summed E-state index contributed by atoms with van der Waals surface area (Å²) in [4.78, 5) is 32.1. The molecule has 1 unspecified atom stereocenters. The second kappa shape index (κ2) is 7.37. The van der Waals surface area contributed by atoms with Crippen LogP contribution >= 0.6 is 0 Å². The largest absolute Gasteiger partial charge is 0.334 e. The Morgan fingerprint density at radius 2 is 1.85 bits per heavy atom. The zero-order chi connectivity index (χ0) is 19.0. The third kappa shape index (κ3) is 3.81. The normalized spacial score (nSPS) is 24.7. The molecule has 8 heteroatoms. The van der Waals surface area contributed by atoms with E-state index in [-0.39, 0.29) is 41.6 Å². The Kier molecular flexibility index (Phi) is 5.09. The van der Waals surface area contributed by atoms with Crippen molar-refractivity contribution in [3.05, 3.63) is 27.9 Å². The summed E-state index contributed by atoms with van der Waals surface area (Å²) in [5, 5.41) is 0. The molecule has 0 N–H and O–H groups in total. The molecule has 0 aromatic carbocycles. The van der Waals surface area contributed by atoms with Crippen molar-refractivity contribution >= 4 is 15.7 Å². The average molecular weight is 394 g/mol. The Morgan fingerprint density at radius 3 is 2.56 bits per heavy atom. The molecule has 2 heterocycles. The molecule has 0 bridgehead atoms. The Morgan fingerprint density at radius 1 is 1.11 bits per heavy atom. The molecule has 4 rings (SSSR count). The van der Waals surface area contributed by atoms with Gasteiger partial charge in [0.2, 0.25) is 5.91 Å². The molecule has 148 valence electrons. The Hall–Kier alpha value is -1.70. The molecule has 1 atom stereocenters. The van der Waals surface area contributed by atoms with Crippen LogP contribution in [0.2, 0.25) is 0 Å². The van der Waals surface area contributed by atoms with E-state index < -0.39 is 9.84 Å². The number of sulfone groups is 1. The second-order valence-corrected chi connectivity index (χ2v) is 10.3. The van der Waals surface area contributed by atoms with Crippen LogP contribution in [0.15, 0.2) is 11.1 Å². The fourth-order valence-corrected chi connectivity index (χ4v) is 6.56. The highest BCUT2D eigenvalue weighted by Crippen LogP contribution is 2.29. The lowest BCUT2D eigenvalue weighted by Crippen LogP contribution is -2.49. The van der Waals surface area contributed by atoms with E-state index in [9.17, 15) is 18.0 Å². The van der Waals surface area contributed by atoms with Gasteiger partial charge in [-0.2, -0.15) is 0 Å². The summed E-state index contributed by atoms with van der Waals surface area (Å²) in [6.45, 7) is -0.0494. The first-order valence-electron chi connectivity index (χ1n) is 10.0. The third-order valence-corrected chi connectivity index (χ3v) is 7.97. The minimum atomic E-state index is -3.07. The van der Waals surface area contributed by atoms with Gasteiger partial charge in [-0.3, -0.25) is 14.2 Å². The Balaban J connectivity index is 1.58. The van der Waals surface area contributed by atoms with Gasteiger partial charge in [0.1, 0.15) is 6.54 Å². The van der Waals surface area contributed by atoms with Gasteiger partial charge in [-0.05, 0) is 44.9 Å². The first-order chi connectivity index (χ1) is 12.9. The standard InChI is InChI=1S/C19H27N3O4S/c23-18(11-21-13-20-17-8-4-3-7-16(17)19(21)24)22(14-5-1-2-6-14)15-9-10-27(25,26)12-15/h13-15H,1-12H2. The van der Waals surface area contributed by atoms with Crippen LogP contribution in [0, 0.1) is 0 Å². The summed E-state index contributed by atoms with van der Waals surface area (Å²) in [5.41, 5.74) is 1.50. The Labute approximate surface area is 159 Å². The maximum atomic E-state index is 13.2. The molecule has 27 heavy (non-hydrogen) atoms. The molecule has 7 nitrogen and oxygen atoms in total. The summed E-state index contributed by atoms with van der Waals surface area (Å²) >= 11 is 0. The van der Waals surface area contributed by atoms with E-state index in [1.54, 1.807) is 4.90 Å². The van der Waals surface area contributed by atoms with Crippen molar-refractivity contribution in [3.63, 3.8) is 0 Å². The van der Waals surface area contributed by atoms with E-state index in [4.69, 9.17) is 0 Å². The van der Waals surface area contributed by atoms with Gasteiger partial charge in [0.25, 0.3) is 5.56 Å². The summed E-state index contributed by atoms with van der Waals surface area (Å²) in [6, 6.07) is -0.163. The van der Waals surface area contributed by atoms with Crippen LogP contribution in [0.3, 0.4) is 0 Å². The molecule has 3 aliphatic rings. The van der Waals surface area contributed by atoms with Crippen LogP contribution in [0.25, 0.3) is 0 Å². The zero-order valence-electron chi connectivity index (χ0n) is 15.6. The monoisotopic (exact) mass is 393 g/mol. The van der Waals surface area contributed by atoms with Crippen molar-refractivity contribution in [2.45, 2.75) is 76.4 Å². The molecular formula is C19H27N3O4S. The van der Waals surface area contributed by atoms with E-state index in [1.165, 1.54) is 10.9 Å². The number of carbonyl (C=O) groups is 1. The van der Waals surface area contributed by atoms with Gasteiger partial charge in [-0.25, -0.2) is 13.4 Å². The van der Waals surface area contributed by atoms with E-state index in [2.05, 4.69) is 4.98 Å². The molecule has 2 aliphatic carbocycles. The zero-order valence-corrected chi connectivity index (χ0v) is 16.4. The summed E-state index contributed by atoms with van der Waals surface area (Å²) in [6.07, 6.45) is 9.53. The number of rotatable bonds is 4. The lowest BCUT2D eigenvalue weighted by molar-refractivity contribution is -0.136. The van der Waals surface area contributed by atoms with Gasteiger partial charge in [0.15, 0.2) is 9.84 Å². The molecule has 1 saturated carbocycles. The molecular weight excluding hydrogens is 366 g/mol. The van der Waals surface area contributed by atoms with Crippen LogP contribution in [-0.4, -0.2) is 52.4 Å². The van der Waals surface area contributed by atoms with Gasteiger partial charge in [-0.15, -0.1) is 0 Å². The van der Waals surface area contributed by atoms with E-state index in [0.717, 1.165) is 62.6 Å². The lowest BCUT2D eigenvalue weighted by atomic mass is 9.97. The number of aryl methyl sites for hydroxylation is 1. The van der Waals surface area contributed by atoms with Crippen LogP contribution < -0.4 is 5.56 Å². The van der Waals surface area contributed by atoms with Gasteiger partial charge in [-0.1, -0.05) is 12.8 Å². The van der Waals surface area contributed by atoms with Crippen molar-refractivity contribution in [3.8, 4) is 0 Å². The van der Waals surface area contributed by atoms with E-state index >= 15 is 0 Å². The number of hydrogen-bond acceptors (Lipinski definition) is 5.